The van der Waals surface area contributed by atoms with E-state index in [4.69, 9.17) is 17.3 Å². The van der Waals surface area contributed by atoms with Gasteiger partial charge in [0.2, 0.25) is 5.91 Å². The van der Waals surface area contributed by atoms with Crippen LogP contribution in [0.15, 0.2) is 18.2 Å². The summed E-state index contributed by atoms with van der Waals surface area (Å²) in [4.78, 5) is 23.7. The summed E-state index contributed by atoms with van der Waals surface area (Å²) >= 11 is 6.11. The van der Waals surface area contributed by atoms with Crippen LogP contribution in [0.2, 0.25) is 5.02 Å². The Morgan fingerprint density at radius 2 is 1.91 bits per heavy atom. The van der Waals surface area contributed by atoms with Gasteiger partial charge in [-0.1, -0.05) is 30.9 Å². The molecule has 0 atom stereocenters. The van der Waals surface area contributed by atoms with E-state index in [0.717, 1.165) is 25.7 Å². The van der Waals surface area contributed by atoms with Gasteiger partial charge in [-0.05, 0) is 31.0 Å². The van der Waals surface area contributed by atoms with E-state index >= 15 is 0 Å². The summed E-state index contributed by atoms with van der Waals surface area (Å²) in [6.07, 6.45) is 5.79. The van der Waals surface area contributed by atoms with Crippen LogP contribution in [0.1, 0.15) is 38.5 Å². The number of benzene rings is 1. The molecule has 5 N–H and O–H groups in total. The SMILES string of the molecule is NCCC(=O)Nc1ccc(Cl)c(NC(=O)NC2CCCCC2)c1. The molecule has 1 aromatic rings. The number of anilines is 2. The van der Waals surface area contributed by atoms with Gasteiger partial charge in [-0.3, -0.25) is 4.79 Å². The minimum atomic E-state index is -0.274. The molecule has 0 heterocycles. The van der Waals surface area contributed by atoms with Crippen molar-refractivity contribution in [3.8, 4) is 0 Å². The van der Waals surface area contributed by atoms with Crippen molar-refractivity contribution >= 4 is 34.9 Å². The predicted octanol–water partition coefficient (Wildman–Crippen LogP) is 3.08. The second-order valence-electron chi connectivity index (χ2n) is 5.71. The van der Waals surface area contributed by atoms with Crippen molar-refractivity contribution in [3.63, 3.8) is 0 Å². The highest BCUT2D eigenvalue weighted by Gasteiger charge is 2.16. The molecular weight excluding hydrogens is 316 g/mol. The molecular formula is C16H23ClN4O2. The number of carbonyl (C=O) groups excluding carboxylic acids is 2. The van der Waals surface area contributed by atoms with E-state index in [1.807, 2.05) is 0 Å². The zero-order valence-electron chi connectivity index (χ0n) is 13.0. The molecule has 7 heteroatoms. The maximum atomic E-state index is 12.1. The van der Waals surface area contributed by atoms with E-state index in [0.29, 0.717) is 16.4 Å². The minimum absolute atomic E-state index is 0.174. The molecule has 3 amide bonds. The maximum Gasteiger partial charge on any atom is 0.319 e. The molecule has 0 saturated heterocycles. The number of urea groups is 1. The Morgan fingerprint density at radius 1 is 1.17 bits per heavy atom. The van der Waals surface area contributed by atoms with Crippen LogP contribution in [-0.4, -0.2) is 24.5 Å². The summed E-state index contributed by atoms with van der Waals surface area (Å²) in [6.45, 7) is 0.286. The minimum Gasteiger partial charge on any atom is -0.335 e. The summed E-state index contributed by atoms with van der Waals surface area (Å²) in [5.41, 5.74) is 6.38. The lowest BCUT2D eigenvalue weighted by Gasteiger charge is -2.23. The van der Waals surface area contributed by atoms with Gasteiger partial charge >= 0.3 is 6.03 Å². The van der Waals surface area contributed by atoms with E-state index in [1.54, 1.807) is 18.2 Å². The van der Waals surface area contributed by atoms with Gasteiger partial charge in [-0.15, -0.1) is 0 Å². The second-order valence-corrected chi connectivity index (χ2v) is 6.12. The molecule has 0 aliphatic heterocycles. The Kier molecular flexibility index (Phi) is 6.67. The van der Waals surface area contributed by atoms with Crippen LogP contribution in [0, 0.1) is 0 Å². The van der Waals surface area contributed by atoms with E-state index < -0.39 is 0 Å². The molecule has 0 unspecified atom stereocenters. The molecule has 0 radical (unpaired) electrons. The largest absolute Gasteiger partial charge is 0.335 e. The number of rotatable bonds is 5. The third kappa shape index (κ3) is 5.73. The fraction of sp³-hybridized carbons (Fsp3) is 0.500. The van der Waals surface area contributed by atoms with Gasteiger partial charge < -0.3 is 21.7 Å². The van der Waals surface area contributed by atoms with E-state index in [9.17, 15) is 9.59 Å². The maximum absolute atomic E-state index is 12.1. The number of amides is 3. The lowest BCUT2D eigenvalue weighted by molar-refractivity contribution is -0.116. The van der Waals surface area contributed by atoms with Crippen molar-refractivity contribution in [2.24, 2.45) is 5.73 Å². The van der Waals surface area contributed by atoms with Crippen LogP contribution in [0.3, 0.4) is 0 Å². The third-order valence-corrected chi connectivity index (χ3v) is 4.14. The Hall–Kier alpha value is -1.79. The normalized spacial score (nSPS) is 15.0. The highest BCUT2D eigenvalue weighted by atomic mass is 35.5. The average molecular weight is 339 g/mol. The first kappa shape index (κ1) is 17.6. The topological polar surface area (TPSA) is 96.2 Å². The van der Waals surface area contributed by atoms with Gasteiger partial charge in [0.15, 0.2) is 0 Å². The Balaban J connectivity index is 1.95. The summed E-state index contributed by atoms with van der Waals surface area (Å²) in [5, 5.41) is 8.84. The molecule has 2 rings (SSSR count). The number of halogens is 1. The molecule has 23 heavy (non-hydrogen) atoms. The number of carbonyl (C=O) groups is 2. The molecule has 1 aromatic carbocycles. The Bertz CT molecular complexity index is 559. The smallest absolute Gasteiger partial charge is 0.319 e. The number of nitrogens with two attached hydrogens (primary N) is 1. The third-order valence-electron chi connectivity index (χ3n) is 3.81. The monoisotopic (exact) mass is 338 g/mol. The van der Waals surface area contributed by atoms with Crippen molar-refractivity contribution < 1.29 is 9.59 Å². The zero-order chi connectivity index (χ0) is 16.7. The van der Waals surface area contributed by atoms with Gasteiger partial charge in [-0.25, -0.2) is 4.79 Å². The summed E-state index contributed by atoms with van der Waals surface area (Å²) < 4.78 is 0. The Morgan fingerprint density at radius 3 is 2.61 bits per heavy atom. The van der Waals surface area contributed by atoms with Crippen molar-refractivity contribution in [2.75, 3.05) is 17.2 Å². The highest BCUT2D eigenvalue weighted by molar-refractivity contribution is 6.33. The van der Waals surface area contributed by atoms with Gasteiger partial charge in [0.05, 0.1) is 10.7 Å². The van der Waals surface area contributed by atoms with Crippen LogP contribution in [0.4, 0.5) is 16.2 Å². The molecule has 1 aliphatic rings. The zero-order valence-corrected chi connectivity index (χ0v) is 13.8. The summed E-state index contributed by atoms with van der Waals surface area (Å²) in [6, 6.07) is 4.90. The lowest BCUT2D eigenvalue weighted by Crippen LogP contribution is -2.39. The highest BCUT2D eigenvalue weighted by Crippen LogP contribution is 2.26. The van der Waals surface area contributed by atoms with Crippen LogP contribution < -0.4 is 21.7 Å². The molecule has 1 aliphatic carbocycles. The molecule has 6 nitrogen and oxygen atoms in total. The number of nitrogens with one attached hydrogen (secondary N) is 3. The molecule has 0 bridgehead atoms. The molecule has 1 saturated carbocycles. The van der Waals surface area contributed by atoms with Crippen LogP contribution >= 0.6 is 11.6 Å². The van der Waals surface area contributed by atoms with Crippen LogP contribution in [0.25, 0.3) is 0 Å². The van der Waals surface area contributed by atoms with Gasteiger partial charge in [0, 0.05) is 24.7 Å². The van der Waals surface area contributed by atoms with Gasteiger partial charge in [-0.2, -0.15) is 0 Å². The number of hydrogen-bond acceptors (Lipinski definition) is 3. The van der Waals surface area contributed by atoms with E-state index in [1.165, 1.54) is 6.42 Å². The van der Waals surface area contributed by atoms with Crippen molar-refractivity contribution in [3.05, 3.63) is 23.2 Å². The van der Waals surface area contributed by atoms with E-state index in [2.05, 4.69) is 16.0 Å². The fourth-order valence-electron chi connectivity index (χ4n) is 2.64. The van der Waals surface area contributed by atoms with E-state index in [-0.39, 0.29) is 30.9 Å². The number of hydrogen-bond donors (Lipinski definition) is 4. The quantitative estimate of drug-likeness (QED) is 0.664. The summed E-state index contributed by atoms with van der Waals surface area (Å²) in [7, 11) is 0. The first-order chi connectivity index (χ1) is 11.1. The predicted molar refractivity (Wildman–Crippen MR) is 92.8 cm³/mol. The summed E-state index contributed by atoms with van der Waals surface area (Å²) in [5.74, 6) is -0.174. The molecule has 126 valence electrons. The Labute approximate surface area is 141 Å². The van der Waals surface area contributed by atoms with Crippen LogP contribution in [0.5, 0.6) is 0 Å². The van der Waals surface area contributed by atoms with Crippen LogP contribution in [-0.2, 0) is 4.79 Å². The first-order valence-corrected chi connectivity index (χ1v) is 8.33. The standard InChI is InChI=1S/C16H23ClN4O2/c17-13-7-6-12(19-15(22)8-9-18)10-14(13)21-16(23)20-11-4-2-1-3-5-11/h6-7,10-11H,1-5,8-9,18H2,(H,19,22)(H2,20,21,23). The molecule has 0 spiro atoms. The average Bonchev–Trinajstić information content (AvgIpc) is 2.52. The van der Waals surface area contributed by atoms with Crippen molar-refractivity contribution in [1.29, 1.82) is 0 Å². The van der Waals surface area contributed by atoms with Crippen molar-refractivity contribution in [1.82, 2.24) is 5.32 Å². The lowest BCUT2D eigenvalue weighted by atomic mass is 9.96. The van der Waals surface area contributed by atoms with Gasteiger partial charge in [0.25, 0.3) is 0 Å². The molecule has 0 aromatic heterocycles. The fourth-order valence-corrected chi connectivity index (χ4v) is 2.81. The second kappa shape index (κ2) is 8.74. The first-order valence-electron chi connectivity index (χ1n) is 7.95. The van der Waals surface area contributed by atoms with Crippen molar-refractivity contribution in [2.45, 2.75) is 44.6 Å². The van der Waals surface area contributed by atoms with Gasteiger partial charge in [0.1, 0.15) is 0 Å². The molecule has 1 fully saturated rings.